The van der Waals surface area contributed by atoms with Crippen LogP contribution in [0.15, 0.2) is 0 Å². The van der Waals surface area contributed by atoms with Gasteiger partial charge in [-0.15, -0.1) is 0 Å². The van der Waals surface area contributed by atoms with Gasteiger partial charge in [0.2, 0.25) is 0 Å². The van der Waals surface area contributed by atoms with Gasteiger partial charge in [-0.1, -0.05) is 0 Å². The highest BCUT2D eigenvalue weighted by molar-refractivity contribution is 5.94. The molecule has 21 heavy (non-hydrogen) atoms. The Hall–Kier alpha value is -1.40. The van der Waals surface area contributed by atoms with Crippen LogP contribution >= 0.6 is 0 Å². The van der Waals surface area contributed by atoms with Crippen LogP contribution in [0.1, 0.15) is 41.0 Å². The number of methoxy groups -OCH3 is 1. The Morgan fingerprint density at radius 2 is 2.33 bits per heavy atom. The number of fused-ring (bicyclic) bond motifs is 1. The molecule has 1 amide bonds. The summed E-state index contributed by atoms with van der Waals surface area (Å²) in [6.45, 7) is 2.04. The molecular formula is C15H21N3O3. The van der Waals surface area contributed by atoms with Crippen molar-refractivity contribution in [2.75, 3.05) is 26.8 Å². The van der Waals surface area contributed by atoms with E-state index in [-0.39, 0.29) is 17.6 Å². The molecule has 2 fully saturated rings. The number of H-pyrrole nitrogens is 1. The Morgan fingerprint density at radius 1 is 1.48 bits per heavy atom. The number of aromatic amines is 1. The average molecular weight is 291 g/mol. The zero-order valence-corrected chi connectivity index (χ0v) is 12.4. The number of rotatable bonds is 2. The molecule has 6 heteroatoms. The number of aryl methyl sites for hydroxylation is 1. The van der Waals surface area contributed by atoms with E-state index in [1.165, 1.54) is 0 Å². The quantitative estimate of drug-likeness (QED) is 0.880. The third-order valence-electron chi connectivity index (χ3n) is 5.04. The minimum Gasteiger partial charge on any atom is -0.381 e. The summed E-state index contributed by atoms with van der Waals surface area (Å²) in [6, 6.07) is 0. The number of aromatic nitrogens is 2. The van der Waals surface area contributed by atoms with Gasteiger partial charge < -0.3 is 14.4 Å². The minimum atomic E-state index is -0.186. The van der Waals surface area contributed by atoms with Crippen molar-refractivity contribution in [1.82, 2.24) is 15.1 Å². The molecule has 4 rings (SSSR count). The molecule has 3 aliphatic rings. The summed E-state index contributed by atoms with van der Waals surface area (Å²) in [7, 11) is 1.75. The molecule has 0 saturated carbocycles. The summed E-state index contributed by atoms with van der Waals surface area (Å²) in [5.74, 6) is 0.0446. The second-order valence-electron chi connectivity index (χ2n) is 6.43. The van der Waals surface area contributed by atoms with Crippen molar-refractivity contribution in [3.05, 3.63) is 17.0 Å². The molecule has 1 aliphatic carbocycles. The van der Waals surface area contributed by atoms with Crippen LogP contribution in [-0.2, 0) is 22.3 Å². The van der Waals surface area contributed by atoms with Gasteiger partial charge in [-0.05, 0) is 25.7 Å². The number of amides is 1. The largest absolute Gasteiger partial charge is 0.381 e. The fourth-order valence-corrected chi connectivity index (χ4v) is 3.84. The Bertz CT molecular complexity index is 563. The summed E-state index contributed by atoms with van der Waals surface area (Å²) in [5, 5.41) is 7.23. The molecule has 0 bridgehead atoms. The van der Waals surface area contributed by atoms with Crippen molar-refractivity contribution >= 4 is 5.91 Å². The second kappa shape index (κ2) is 4.81. The van der Waals surface area contributed by atoms with Gasteiger partial charge in [-0.25, -0.2) is 0 Å². The van der Waals surface area contributed by atoms with Crippen LogP contribution in [0.4, 0.5) is 0 Å². The second-order valence-corrected chi connectivity index (χ2v) is 6.43. The van der Waals surface area contributed by atoms with E-state index in [0.717, 1.165) is 50.0 Å². The molecule has 2 aliphatic heterocycles. The lowest BCUT2D eigenvalue weighted by atomic mass is 9.84. The molecule has 6 nitrogen and oxygen atoms in total. The number of ether oxygens (including phenoxy) is 2. The maximum Gasteiger partial charge on any atom is 0.274 e. The van der Waals surface area contributed by atoms with Crippen molar-refractivity contribution in [2.24, 2.45) is 0 Å². The van der Waals surface area contributed by atoms with E-state index in [0.29, 0.717) is 18.8 Å². The summed E-state index contributed by atoms with van der Waals surface area (Å²) in [6.07, 6.45) is 5.18. The smallest absolute Gasteiger partial charge is 0.274 e. The number of hydrogen-bond donors (Lipinski definition) is 1. The van der Waals surface area contributed by atoms with Crippen LogP contribution in [0, 0.1) is 0 Å². The van der Waals surface area contributed by atoms with E-state index in [1.807, 2.05) is 4.90 Å². The number of carbonyl (C=O) groups excluding carboxylic acids is 1. The first-order valence-electron chi connectivity index (χ1n) is 7.73. The molecule has 3 heterocycles. The van der Waals surface area contributed by atoms with Crippen LogP contribution in [0.2, 0.25) is 0 Å². The fraction of sp³-hybridized carbons (Fsp3) is 0.733. The van der Waals surface area contributed by atoms with Gasteiger partial charge in [-0.2, -0.15) is 5.10 Å². The molecule has 1 aromatic rings. The lowest BCUT2D eigenvalue weighted by Crippen LogP contribution is -2.67. The first-order valence-corrected chi connectivity index (χ1v) is 7.73. The molecule has 1 unspecified atom stereocenters. The van der Waals surface area contributed by atoms with Gasteiger partial charge in [0, 0.05) is 31.4 Å². The Labute approximate surface area is 123 Å². The summed E-state index contributed by atoms with van der Waals surface area (Å²) in [4.78, 5) is 14.4. The van der Waals surface area contributed by atoms with Crippen molar-refractivity contribution in [3.63, 3.8) is 0 Å². The molecule has 1 atom stereocenters. The SMILES string of the molecule is COC1CCOC2(C1)CN(C(=O)c1n[nH]c3c1CCC3)C2. The third kappa shape index (κ3) is 2.08. The number of nitrogens with zero attached hydrogens (tertiary/aromatic N) is 2. The lowest BCUT2D eigenvalue weighted by Gasteiger charge is -2.52. The van der Waals surface area contributed by atoms with E-state index >= 15 is 0 Å². The maximum atomic E-state index is 12.6. The highest BCUT2D eigenvalue weighted by Crippen LogP contribution is 2.36. The zero-order chi connectivity index (χ0) is 14.4. The zero-order valence-electron chi connectivity index (χ0n) is 12.4. The van der Waals surface area contributed by atoms with Crippen LogP contribution in [0.5, 0.6) is 0 Å². The van der Waals surface area contributed by atoms with Gasteiger partial charge in [0.15, 0.2) is 5.69 Å². The average Bonchev–Trinajstić information content (AvgIpc) is 3.06. The molecule has 0 radical (unpaired) electrons. The normalized spacial score (nSPS) is 26.7. The van der Waals surface area contributed by atoms with Crippen molar-refractivity contribution in [2.45, 2.75) is 43.8 Å². The monoisotopic (exact) mass is 291 g/mol. The maximum absolute atomic E-state index is 12.6. The third-order valence-corrected chi connectivity index (χ3v) is 5.04. The van der Waals surface area contributed by atoms with Gasteiger partial charge >= 0.3 is 0 Å². The van der Waals surface area contributed by atoms with E-state index in [2.05, 4.69) is 10.2 Å². The molecular weight excluding hydrogens is 270 g/mol. The number of nitrogens with one attached hydrogen (secondary N) is 1. The van der Waals surface area contributed by atoms with Gasteiger partial charge in [0.1, 0.15) is 5.60 Å². The highest BCUT2D eigenvalue weighted by Gasteiger charge is 2.50. The van der Waals surface area contributed by atoms with Crippen molar-refractivity contribution in [3.8, 4) is 0 Å². The molecule has 114 valence electrons. The Morgan fingerprint density at radius 3 is 3.14 bits per heavy atom. The van der Waals surface area contributed by atoms with Crippen LogP contribution in [-0.4, -0.2) is 59.5 Å². The number of likely N-dealkylation sites (tertiary alicyclic amines) is 1. The van der Waals surface area contributed by atoms with Crippen LogP contribution in [0.25, 0.3) is 0 Å². The van der Waals surface area contributed by atoms with E-state index in [9.17, 15) is 4.79 Å². The van der Waals surface area contributed by atoms with Gasteiger partial charge in [0.05, 0.1) is 19.2 Å². The van der Waals surface area contributed by atoms with Crippen molar-refractivity contribution in [1.29, 1.82) is 0 Å². The number of carbonyl (C=O) groups is 1. The van der Waals surface area contributed by atoms with E-state index in [1.54, 1.807) is 7.11 Å². The first kappa shape index (κ1) is 13.3. The molecule has 0 aromatic carbocycles. The van der Waals surface area contributed by atoms with Crippen LogP contribution < -0.4 is 0 Å². The summed E-state index contributed by atoms with van der Waals surface area (Å²) < 4.78 is 11.4. The minimum absolute atomic E-state index is 0.0446. The standard InChI is InChI=1S/C15H21N3O3/c1-20-10-5-6-21-15(7-10)8-18(9-15)14(19)13-11-3-2-4-12(11)16-17-13/h10H,2-9H2,1H3,(H,16,17). The topological polar surface area (TPSA) is 67.5 Å². The number of hydrogen-bond acceptors (Lipinski definition) is 4. The Balaban J connectivity index is 1.44. The Kier molecular flexibility index (Phi) is 3.04. The van der Waals surface area contributed by atoms with Crippen LogP contribution in [0.3, 0.4) is 0 Å². The highest BCUT2D eigenvalue weighted by atomic mass is 16.5. The summed E-state index contributed by atoms with van der Waals surface area (Å²) in [5.41, 5.74) is 2.70. The van der Waals surface area contributed by atoms with Gasteiger partial charge in [-0.3, -0.25) is 9.89 Å². The first-order chi connectivity index (χ1) is 10.2. The lowest BCUT2D eigenvalue weighted by molar-refractivity contribution is -0.182. The predicted octanol–water partition coefficient (Wildman–Crippen LogP) is 0.918. The van der Waals surface area contributed by atoms with Gasteiger partial charge in [0.25, 0.3) is 5.91 Å². The van der Waals surface area contributed by atoms with Crippen molar-refractivity contribution < 1.29 is 14.3 Å². The predicted molar refractivity (Wildman–Crippen MR) is 75.2 cm³/mol. The molecule has 1 N–H and O–H groups in total. The molecule has 2 saturated heterocycles. The molecule has 1 spiro atoms. The van der Waals surface area contributed by atoms with E-state index < -0.39 is 0 Å². The van der Waals surface area contributed by atoms with E-state index in [4.69, 9.17) is 9.47 Å². The fourth-order valence-electron chi connectivity index (χ4n) is 3.84. The molecule has 1 aromatic heterocycles. The summed E-state index contributed by atoms with van der Waals surface area (Å²) >= 11 is 0.